The molecule has 0 saturated heterocycles. The van der Waals surface area contributed by atoms with Crippen LogP contribution in [-0.2, 0) is 18.0 Å². The Hall–Kier alpha value is -0.480. The highest BCUT2D eigenvalue weighted by Gasteiger charge is 2.16. The molecule has 0 unspecified atom stereocenters. The minimum Gasteiger partial charge on any atom is -0.370 e. The molecule has 11 heavy (non-hydrogen) atoms. The van der Waals surface area contributed by atoms with Crippen molar-refractivity contribution in [3.8, 4) is 0 Å². The Bertz CT molecular complexity index is 301. The number of nitrogens with zero attached hydrogens (tertiary/aromatic N) is 2. The van der Waals surface area contributed by atoms with E-state index in [-0.39, 0.29) is 0 Å². The SMILES string of the molecule is Cc1nc(Br)nc2c1COC2. The van der Waals surface area contributed by atoms with E-state index in [9.17, 15) is 0 Å². The van der Waals surface area contributed by atoms with E-state index >= 15 is 0 Å². The molecule has 4 heteroatoms. The Morgan fingerprint density at radius 1 is 1.36 bits per heavy atom. The predicted molar refractivity (Wildman–Crippen MR) is 43.0 cm³/mol. The molecule has 1 aliphatic heterocycles. The van der Waals surface area contributed by atoms with Crippen LogP contribution in [0.3, 0.4) is 0 Å². The van der Waals surface area contributed by atoms with Gasteiger partial charge in [0.2, 0.25) is 0 Å². The summed E-state index contributed by atoms with van der Waals surface area (Å²) in [7, 11) is 0. The highest BCUT2D eigenvalue weighted by atomic mass is 79.9. The van der Waals surface area contributed by atoms with E-state index < -0.39 is 0 Å². The number of hydrogen-bond acceptors (Lipinski definition) is 3. The first-order valence-corrected chi connectivity index (χ1v) is 4.16. The quantitative estimate of drug-likeness (QED) is 0.616. The van der Waals surface area contributed by atoms with Crippen LogP contribution < -0.4 is 0 Å². The van der Waals surface area contributed by atoms with Gasteiger partial charge in [-0.2, -0.15) is 0 Å². The Balaban J connectivity index is 2.60. The van der Waals surface area contributed by atoms with Crippen LogP contribution in [0.1, 0.15) is 17.0 Å². The van der Waals surface area contributed by atoms with Crippen molar-refractivity contribution in [2.24, 2.45) is 0 Å². The van der Waals surface area contributed by atoms with E-state index in [1.807, 2.05) is 6.92 Å². The number of halogens is 1. The van der Waals surface area contributed by atoms with Crippen molar-refractivity contribution in [3.63, 3.8) is 0 Å². The summed E-state index contributed by atoms with van der Waals surface area (Å²) in [4.78, 5) is 8.37. The van der Waals surface area contributed by atoms with E-state index in [0.717, 1.165) is 17.0 Å². The number of aromatic nitrogens is 2. The summed E-state index contributed by atoms with van der Waals surface area (Å²) in [5.41, 5.74) is 3.18. The normalized spacial score (nSPS) is 15.1. The van der Waals surface area contributed by atoms with Crippen LogP contribution in [-0.4, -0.2) is 9.97 Å². The van der Waals surface area contributed by atoms with Crippen molar-refractivity contribution in [2.75, 3.05) is 0 Å². The summed E-state index contributed by atoms with van der Waals surface area (Å²) in [5, 5.41) is 0. The van der Waals surface area contributed by atoms with Crippen molar-refractivity contribution in [2.45, 2.75) is 20.1 Å². The molecule has 0 fully saturated rings. The van der Waals surface area contributed by atoms with Crippen molar-refractivity contribution in [3.05, 3.63) is 21.7 Å². The molecule has 0 radical (unpaired) electrons. The Morgan fingerprint density at radius 2 is 2.18 bits per heavy atom. The van der Waals surface area contributed by atoms with Crippen LogP contribution >= 0.6 is 15.9 Å². The molecule has 1 aliphatic rings. The average molecular weight is 215 g/mol. The van der Waals surface area contributed by atoms with Gasteiger partial charge in [0, 0.05) is 11.3 Å². The van der Waals surface area contributed by atoms with Gasteiger partial charge in [0.05, 0.1) is 18.9 Å². The van der Waals surface area contributed by atoms with Crippen LogP contribution in [0.25, 0.3) is 0 Å². The minimum absolute atomic E-state index is 0.622. The second kappa shape index (κ2) is 2.53. The minimum atomic E-state index is 0.622. The molecule has 3 nitrogen and oxygen atoms in total. The molecule has 2 heterocycles. The first-order chi connectivity index (χ1) is 5.27. The van der Waals surface area contributed by atoms with Gasteiger partial charge in [-0.3, -0.25) is 0 Å². The summed E-state index contributed by atoms with van der Waals surface area (Å²) < 4.78 is 5.88. The van der Waals surface area contributed by atoms with Gasteiger partial charge < -0.3 is 4.74 Å². The maximum atomic E-state index is 5.23. The molecule has 0 aromatic carbocycles. The summed E-state index contributed by atoms with van der Waals surface area (Å²) >= 11 is 3.24. The topological polar surface area (TPSA) is 35.0 Å². The van der Waals surface area contributed by atoms with Gasteiger partial charge in [-0.05, 0) is 22.9 Å². The van der Waals surface area contributed by atoms with Crippen molar-refractivity contribution >= 4 is 15.9 Å². The molecule has 2 rings (SSSR count). The third-order valence-electron chi connectivity index (χ3n) is 1.76. The van der Waals surface area contributed by atoms with Crippen molar-refractivity contribution < 1.29 is 4.74 Å². The smallest absolute Gasteiger partial charge is 0.197 e. The lowest BCUT2D eigenvalue weighted by Crippen LogP contribution is -1.96. The molecule has 0 aliphatic carbocycles. The van der Waals surface area contributed by atoms with Crippen molar-refractivity contribution in [1.82, 2.24) is 9.97 Å². The fourth-order valence-corrected chi connectivity index (χ4v) is 1.66. The molecule has 0 bridgehead atoms. The largest absolute Gasteiger partial charge is 0.370 e. The average Bonchev–Trinajstić information content (AvgIpc) is 2.34. The van der Waals surface area contributed by atoms with Gasteiger partial charge in [-0.25, -0.2) is 9.97 Å². The standard InChI is InChI=1S/C7H7BrN2O/c1-4-5-2-11-3-6(5)10-7(8)9-4/h2-3H2,1H3. The molecule has 0 saturated carbocycles. The number of fused-ring (bicyclic) bond motifs is 1. The first kappa shape index (κ1) is 7.18. The van der Waals surface area contributed by atoms with Crippen LogP contribution in [0, 0.1) is 6.92 Å². The van der Waals surface area contributed by atoms with E-state index in [1.165, 1.54) is 0 Å². The molecule has 0 amide bonds. The number of ether oxygens (including phenoxy) is 1. The molecule has 1 aromatic heterocycles. The first-order valence-electron chi connectivity index (χ1n) is 3.37. The lowest BCUT2D eigenvalue weighted by Gasteiger charge is -1.99. The number of aryl methyl sites for hydroxylation is 1. The zero-order valence-corrected chi connectivity index (χ0v) is 7.68. The second-order valence-electron chi connectivity index (χ2n) is 2.50. The fraction of sp³-hybridized carbons (Fsp3) is 0.429. The van der Waals surface area contributed by atoms with Gasteiger partial charge in [-0.1, -0.05) is 0 Å². The predicted octanol–water partition coefficient (Wildman–Crippen LogP) is 1.58. The zero-order chi connectivity index (χ0) is 7.84. The number of rotatable bonds is 0. The number of hydrogen-bond donors (Lipinski definition) is 0. The molecule has 0 spiro atoms. The molecule has 1 aromatic rings. The summed E-state index contributed by atoms with van der Waals surface area (Å²) in [6, 6.07) is 0. The maximum Gasteiger partial charge on any atom is 0.197 e. The molecular formula is C7H7BrN2O. The second-order valence-corrected chi connectivity index (χ2v) is 3.21. The molecular weight excluding hydrogens is 208 g/mol. The van der Waals surface area contributed by atoms with Crippen LogP contribution in [0.4, 0.5) is 0 Å². The summed E-state index contributed by atoms with van der Waals surface area (Å²) in [6.07, 6.45) is 0. The Labute approximate surface area is 72.9 Å². The third kappa shape index (κ3) is 1.16. The van der Waals surface area contributed by atoms with Gasteiger partial charge in [-0.15, -0.1) is 0 Å². The van der Waals surface area contributed by atoms with E-state index in [4.69, 9.17) is 4.74 Å². The van der Waals surface area contributed by atoms with Gasteiger partial charge in [0.25, 0.3) is 0 Å². The highest BCUT2D eigenvalue weighted by Crippen LogP contribution is 2.21. The van der Waals surface area contributed by atoms with Gasteiger partial charge in [0.15, 0.2) is 4.73 Å². The molecule has 0 atom stereocenters. The van der Waals surface area contributed by atoms with Crippen LogP contribution in [0.5, 0.6) is 0 Å². The van der Waals surface area contributed by atoms with E-state index in [1.54, 1.807) is 0 Å². The van der Waals surface area contributed by atoms with Crippen LogP contribution in [0.2, 0.25) is 0 Å². The highest BCUT2D eigenvalue weighted by molar-refractivity contribution is 9.10. The monoisotopic (exact) mass is 214 g/mol. The van der Waals surface area contributed by atoms with E-state index in [2.05, 4.69) is 25.9 Å². The van der Waals surface area contributed by atoms with Crippen molar-refractivity contribution in [1.29, 1.82) is 0 Å². The van der Waals surface area contributed by atoms with Crippen LogP contribution in [0.15, 0.2) is 4.73 Å². The zero-order valence-electron chi connectivity index (χ0n) is 6.09. The van der Waals surface area contributed by atoms with E-state index in [0.29, 0.717) is 17.9 Å². The lowest BCUT2D eigenvalue weighted by atomic mass is 10.2. The third-order valence-corrected chi connectivity index (χ3v) is 2.11. The Morgan fingerprint density at radius 3 is 3.00 bits per heavy atom. The Kier molecular flexibility index (Phi) is 1.65. The molecule has 0 N–H and O–H groups in total. The molecule has 58 valence electrons. The lowest BCUT2D eigenvalue weighted by molar-refractivity contribution is 0.133. The van der Waals surface area contributed by atoms with Gasteiger partial charge >= 0.3 is 0 Å². The summed E-state index contributed by atoms with van der Waals surface area (Å²) in [6.45, 7) is 3.26. The van der Waals surface area contributed by atoms with Gasteiger partial charge in [0.1, 0.15) is 0 Å². The summed E-state index contributed by atoms with van der Waals surface area (Å²) in [5.74, 6) is 0. The fourth-order valence-electron chi connectivity index (χ4n) is 1.18. The maximum absolute atomic E-state index is 5.23.